The van der Waals surface area contributed by atoms with E-state index in [1.807, 2.05) is 0 Å². The second-order valence-electron chi connectivity index (χ2n) is 5.21. The smallest absolute Gasteiger partial charge is 0.131 e. The molecule has 1 aromatic carbocycles. The molecule has 4 heteroatoms. The van der Waals surface area contributed by atoms with Crippen LogP contribution >= 0.6 is 0 Å². The van der Waals surface area contributed by atoms with E-state index in [0.29, 0.717) is 23.1 Å². The minimum absolute atomic E-state index is 0.110. The third-order valence-electron chi connectivity index (χ3n) is 3.93. The SMILES string of the molecule is COc1ccc(C(NN)C2CCC(C)C2)c(F)c1. The molecule has 18 heavy (non-hydrogen) atoms. The highest BCUT2D eigenvalue weighted by molar-refractivity contribution is 5.31. The summed E-state index contributed by atoms with van der Waals surface area (Å²) >= 11 is 0. The molecule has 1 fully saturated rings. The standard InChI is InChI=1S/C14H21FN2O/c1-9-3-4-10(7-9)14(17-16)12-6-5-11(18-2)8-13(12)15/h5-6,8-10,14,17H,3-4,7,16H2,1-2H3. The Bertz CT molecular complexity index is 411. The van der Waals surface area contributed by atoms with Gasteiger partial charge in [0.25, 0.3) is 0 Å². The molecule has 1 aliphatic rings. The quantitative estimate of drug-likeness (QED) is 0.640. The van der Waals surface area contributed by atoms with E-state index in [1.165, 1.54) is 19.6 Å². The van der Waals surface area contributed by atoms with Crippen molar-refractivity contribution in [3.8, 4) is 5.75 Å². The molecule has 3 N–H and O–H groups in total. The molecule has 0 radical (unpaired) electrons. The van der Waals surface area contributed by atoms with Gasteiger partial charge in [-0.15, -0.1) is 0 Å². The van der Waals surface area contributed by atoms with Gasteiger partial charge in [-0.2, -0.15) is 0 Å². The van der Waals surface area contributed by atoms with Crippen LogP contribution < -0.4 is 16.0 Å². The van der Waals surface area contributed by atoms with Crippen molar-refractivity contribution in [1.29, 1.82) is 0 Å². The Balaban J connectivity index is 2.22. The summed E-state index contributed by atoms with van der Waals surface area (Å²) in [5.41, 5.74) is 3.41. The average Bonchev–Trinajstić information content (AvgIpc) is 2.78. The molecule has 0 spiro atoms. The molecular formula is C14H21FN2O. The van der Waals surface area contributed by atoms with Crippen LogP contribution in [0.1, 0.15) is 37.8 Å². The van der Waals surface area contributed by atoms with Crippen molar-refractivity contribution in [3.05, 3.63) is 29.6 Å². The number of rotatable bonds is 4. The van der Waals surface area contributed by atoms with Gasteiger partial charge in [0.2, 0.25) is 0 Å². The lowest BCUT2D eigenvalue weighted by molar-refractivity contribution is 0.351. The molecule has 3 nitrogen and oxygen atoms in total. The van der Waals surface area contributed by atoms with E-state index >= 15 is 0 Å². The van der Waals surface area contributed by atoms with Gasteiger partial charge in [0, 0.05) is 11.6 Å². The normalized spacial score (nSPS) is 25.1. The minimum Gasteiger partial charge on any atom is -0.497 e. The molecule has 2 rings (SSSR count). The average molecular weight is 252 g/mol. The first-order valence-corrected chi connectivity index (χ1v) is 6.45. The summed E-state index contributed by atoms with van der Waals surface area (Å²) in [5, 5.41) is 0. The first-order valence-electron chi connectivity index (χ1n) is 6.45. The van der Waals surface area contributed by atoms with Crippen LogP contribution in [0.25, 0.3) is 0 Å². The second kappa shape index (κ2) is 5.67. The lowest BCUT2D eigenvalue weighted by Crippen LogP contribution is -2.33. The third kappa shape index (κ3) is 2.65. The Morgan fingerprint density at radius 1 is 1.44 bits per heavy atom. The van der Waals surface area contributed by atoms with Crippen LogP contribution in [0, 0.1) is 17.7 Å². The monoisotopic (exact) mass is 252 g/mol. The number of ether oxygens (including phenoxy) is 1. The Labute approximate surface area is 107 Å². The molecular weight excluding hydrogens is 231 g/mol. The van der Waals surface area contributed by atoms with Crippen molar-refractivity contribution in [1.82, 2.24) is 5.43 Å². The van der Waals surface area contributed by atoms with Crippen LogP contribution in [-0.4, -0.2) is 7.11 Å². The fourth-order valence-corrected chi connectivity index (χ4v) is 2.92. The topological polar surface area (TPSA) is 47.3 Å². The van der Waals surface area contributed by atoms with Gasteiger partial charge in [0.15, 0.2) is 0 Å². The second-order valence-corrected chi connectivity index (χ2v) is 5.21. The first kappa shape index (κ1) is 13.3. The summed E-state index contributed by atoms with van der Waals surface area (Å²) in [6.07, 6.45) is 3.39. The van der Waals surface area contributed by atoms with Gasteiger partial charge in [-0.1, -0.05) is 19.4 Å². The van der Waals surface area contributed by atoms with Crippen molar-refractivity contribution in [2.24, 2.45) is 17.7 Å². The van der Waals surface area contributed by atoms with Gasteiger partial charge in [-0.25, -0.2) is 4.39 Å². The van der Waals surface area contributed by atoms with E-state index in [-0.39, 0.29) is 11.9 Å². The van der Waals surface area contributed by atoms with Crippen molar-refractivity contribution in [2.45, 2.75) is 32.2 Å². The van der Waals surface area contributed by atoms with Gasteiger partial charge >= 0.3 is 0 Å². The Hall–Kier alpha value is -1.13. The maximum Gasteiger partial charge on any atom is 0.131 e. The number of methoxy groups -OCH3 is 1. The largest absolute Gasteiger partial charge is 0.497 e. The predicted molar refractivity (Wildman–Crippen MR) is 69.5 cm³/mol. The van der Waals surface area contributed by atoms with Gasteiger partial charge in [-0.3, -0.25) is 11.3 Å². The van der Waals surface area contributed by atoms with Crippen LogP contribution in [0.2, 0.25) is 0 Å². The number of hydrazine groups is 1. The molecule has 0 aliphatic heterocycles. The fraction of sp³-hybridized carbons (Fsp3) is 0.571. The summed E-state index contributed by atoms with van der Waals surface area (Å²) in [7, 11) is 1.53. The molecule has 3 atom stereocenters. The van der Waals surface area contributed by atoms with Crippen LogP contribution in [0.15, 0.2) is 18.2 Å². The first-order chi connectivity index (χ1) is 8.65. The van der Waals surface area contributed by atoms with Crippen LogP contribution in [-0.2, 0) is 0 Å². The van der Waals surface area contributed by atoms with E-state index < -0.39 is 0 Å². The molecule has 0 aromatic heterocycles. The number of nitrogens with two attached hydrogens (primary N) is 1. The van der Waals surface area contributed by atoms with Gasteiger partial charge in [0.05, 0.1) is 13.2 Å². The van der Waals surface area contributed by atoms with Gasteiger partial charge in [-0.05, 0) is 30.7 Å². The third-order valence-corrected chi connectivity index (χ3v) is 3.93. The minimum atomic E-state index is -0.253. The van der Waals surface area contributed by atoms with Crippen molar-refractivity contribution >= 4 is 0 Å². The molecule has 1 saturated carbocycles. The van der Waals surface area contributed by atoms with E-state index in [9.17, 15) is 4.39 Å². The lowest BCUT2D eigenvalue weighted by atomic mass is 9.91. The van der Waals surface area contributed by atoms with Gasteiger partial charge in [0.1, 0.15) is 11.6 Å². The van der Waals surface area contributed by atoms with E-state index in [2.05, 4.69) is 12.3 Å². The van der Waals surface area contributed by atoms with Crippen LogP contribution in [0.3, 0.4) is 0 Å². The number of nitrogens with one attached hydrogen (secondary N) is 1. The number of benzene rings is 1. The lowest BCUT2D eigenvalue weighted by Gasteiger charge is -2.24. The molecule has 0 bridgehead atoms. The summed E-state index contributed by atoms with van der Waals surface area (Å²) in [4.78, 5) is 0. The fourth-order valence-electron chi connectivity index (χ4n) is 2.92. The van der Waals surface area contributed by atoms with Crippen molar-refractivity contribution in [2.75, 3.05) is 7.11 Å². The molecule has 1 aromatic rings. The molecule has 3 unspecified atom stereocenters. The molecule has 0 saturated heterocycles. The van der Waals surface area contributed by atoms with Crippen molar-refractivity contribution in [3.63, 3.8) is 0 Å². The summed E-state index contributed by atoms with van der Waals surface area (Å²) in [6, 6.07) is 4.85. The van der Waals surface area contributed by atoms with Crippen LogP contribution in [0.5, 0.6) is 5.75 Å². The molecule has 100 valence electrons. The zero-order chi connectivity index (χ0) is 13.1. The molecule has 1 aliphatic carbocycles. The number of halogens is 1. The Kier molecular flexibility index (Phi) is 4.19. The zero-order valence-corrected chi connectivity index (χ0v) is 10.9. The van der Waals surface area contributed by atoms with E-state index in [0.717, 1.165) is 12.8 Å². The number of hydrogen-bond donors (Lipinski definition) is 2. The highest BCUT2D eigenvalue weighted by Gasteiger charge is 2.30. The Morgan fingerprint density at radius 3 is 2.72 bits per heavy atom. The summed E-state index contributed by atoms with van der Waals surface area (Å²) < 4.78 is 19.1. The van der Waals surface area contributed by atoms with E-state index in [4.69, 9.17) is 10.6 Å². The number of hydrogen-bond acceptors (Lipinski definition) is 3. The van der Waals surface area contributed by atoms with Crippen molar-refractivity contribution < 1.29 is 9.13 Å². The van der Waals surface area contributed by atoms with Crippen LogP contribution in [0.4, 0.5) is 4.39 Å². The predicted octanol–water partition coefficient (Wildman–Crippen LogP) is 2.77. The maximum absolute atomic E-state index is 14.0. The maximum atomic E-state index is 14.0. The molecule has 0 amide bonds. The summed E-state index contributed by atoms with van der Waals surface area (Å²) in [6.45, 7) is 2.23. The highest BCUT2D eigenvalue weighted by atomic mass is 19.1. The van der Waals surface area contributed by atoms with Gasteiger partial charge < -0.3 is 4.74 Å². The zero-order valence-electron chi connectivity index (χ0n) is 10.9. The highest BCUT2D eigenvalue weighted by Crippen LogP contribution is 2.39. The van der Waals surface area contributed by atoms with E-state index in [1.54, 1.807) is 12.1 Å². The summed E-state index contributed by atoms with van der Waals surface area (Å²) in [5.74, 6) is 7.01. The molecule has 0 heterocycles. The Morgan fingerprint density at radius 2 is 2.22 bits per heavy atom.